The molecule has 0 unspecified atom stereocenters. The molecule has 0 spiro atoms. The number of amides is 2. The lowest BCUT2D eigenvalue weighted by molar-refractivity contribution is -0.134. The number of nitrogens with two attached hydrogens (primary N) is 1. The minimum atomic E-state index is -0.977. The summed E-state index contributed by atoms with van der Waals surface area (Å²) in [5.74, 6) is -1.77. The fourth-order valence-corrected chi connectivity index (χ4v) is 1.33. The zero-order valence-electron chi connectivity index (χ0n) is 9.32. The van der Waals surface area contributed by atoms with Gasteiger partial charge in [-0.05, 0) is 30.5 Å². The van der Waals surface area contributed by atoms with E-state index in [9.17, 15) is 9.59 Å². The lowest BCUT2D eigenvalue weighted by atomic mass is 10.1. The molecule has 0 saturated carbocycles. The van der Waals surface area contributed by atoms with Gasteiger partial charge in [-0.1, -0.05) is 25.5 Å². The smallest absolute Gasteiger partial charge is 0.313 e. The third kappa shape index (κ3) is 3.73. The number of primary amides is 1. The summed E-state index contributed by atoms with van der Waals surface area (Å²) < 4.78 is 0. The first-order chi connectivity index (χ1) is 7.63. The van der Waals surface area contributed by atoms with E-state index < -0.39 is 11.8 Å². The van der Waals surface area contributed by atoms with Crippen molar-refractivity contribution in [2.45, 2.75) is 26.2 Å². The van der Waals surface area contributed by atoms with E-state index in [0.29, 0.717) is 5.69 Å². The van der Waals surface area contributed by atoms with Gasteiger partial charge in [-0.2, -0.15) is 0 Å². The number of nitrogens with one attached hydrogen (secondary N) is 1. The van der Waals surface area contributed by atoms with E-state index >= 15 is 0 Å². The van der Waals surface area contributed by atoms with Gasteiger partial charge in [0.05, 0.1) is 0 Å². The average molecular weight is 220 g/mol. The number of unbranched alkanes of at least 4 members (excludes halogenated alkanes) is 1. The molecule has 4 nitrogen and oxygen atoms in total. The summed E-state index contributed by atoms with van der Waals surface area (Å²) in [6.07, 6.45) is 3.33. The Morgan fingerprint density at radius 2 is 1.88 bits per heavy atom. The molecule has 0 aliphatic heterocycles. The Morgan fingerprint density at radius 1 is 1.25 bits per heavy atom. The van der Waals surface area contributed by atoms with Gasteiger partial charge in [-0.15, -0.1) is 0 Å². The number of anilines is 1. The van der Waals surface area contributed by atoms with Crippen LogP contribution in [0.1, 0.15) is 25.3 Å². The molecule has 0 heterocycles. The van der Waals surface area contributed by atoms with Crippen molar-refractivity contribution >= 4 is 17.5 Å². The summed E-state index contributed by atoms with van der Waals surface area (Å²) in [4.78, 5) is 21.5. The van der Waals surface area contributed by atoms with Crippen molar-refractivity contribution in [2.75, 3.05) is 5.32 Å². The summed E-state index contributed by atoms with van der Waals surface area (Å²) in [7, 11) is 0. The van der Waals surface area contributed by atoms with Crippen LogP contribution < -0.4 is 11.1 Å². The highest BCUT2D eigenvalue weighted by Crippen LogP contribution is 2.11. The topological polar surface area (TPSA) is 72.2 Å². The molecule has 1 rings (SSSR count). The van der Waals surface area contributed by atoms with Crippen LogP contribution in [0.4, 0.5) is 5.69 Å². The van der Waals surface area contributed by atoms with Crippen molar-refractivity contribution in [3.8, 4) is 0 Å². The molecule has 3 N–H and O–H groups in total. The van der Waals surface area contributed by atoms with Gasteiger partial charge in [0.1, 0.15) is 0 Å². The molecule has 0 aromatic heterocycles. The Hall–Kier alpha value is -1.84. The first-order valence-electron chi connectivity index (χ1n) is 5.33. The molecule has 0 aliphatic rings. The summed E-state index contributed by atoms with van der Waals surface area (Å²) in [5, 5.41) is 2.41. The van der Waals surface area contributed by atoms with Crippen LogP contribution in [0.2, 0.25) is 0 Å². The molecule has 2 amide bonds. The highest BCUT2D eigenvalue weighted by molar-refractivity contribution is 6.39. The monoisotopic (exact) mass is 220 g/mol. The van der Waals surface area contributed by atoms with E-state index in [0.717, 1.165) is 19.3 Å². The van der Waals surface area contributed by atoms with Crippen LogP contribution in [0.15, 0.2) is 24.3 Å². The first kappa shape index (κ1) is 12.2. The van der Waals surface area contributed by atoms with Gasteiger partial charge < -0.3 is 11.1 Å². The zero-order chi connectivity index (χ0) is 12.0. The third-order valence-corrected chi connectivity index (χ3v) is 2.25. The Bertz CT molecular complexity index is 371. The second-order valence-electron chi connectivity index (χ2n) is 3.62. The Morgan fingerprint density at radius 3 is 2.38 bits per heavy atom. The number of hydrogen-bond donors (Lipinski definition) is 2. The highest BCUT2D eigenvalue weighted by atomic mass is 16.2. The maximum Gasteiger partial charge on any atom is 0.313 e. The number of hydrogen-bond acceptors (Lipinski definition) is 2. The number of rotatable bonds is 4. The fourth-order valence-electron chi connectivity index (χ4n) is 1.33. The second kappa shape index (κ2) is 5.90. The summed E-state index contributed by atoms with van der Waals surface area (Å²) >= 11 is 0. The van der Waals surface area contributed by atoms with Gasteiger partial charge in [0.25, 0.3) is 0 Å². The van der Waals surface area contributed by atoms with Gasteiger partial charge in [0, 0.05) is 5.69 Å². The summed E-state index contributed by atoms with van der Waals surface area (Å²) in [5.41, 5.74) is 6.64. The average Bonchev–Trinajstić information content (AvgIpc) is 2.28. The van der Waals surface area contributed by atoms with Crippen LogP contribution in [0.25, 0.3) is 0 Å². The van der Waals surface area contributed by atoms with Crippen LogP contribution in [0, 0.1) is 0 Å². The van der Waals surface area contributed by atoms with E-state index in [4.69, 9.17) is 5.73 Å². The molecule has 0 aliphatic carbocycles. The zero-order valence-corrected chi connectivity index (χ0v) is 9.32. The van der Waals surface area contributed by atoms with Crippen molar-refractivity contribution in [1.82, 2.24) is 0 Å². The number of carbonyl (C=O) groups is 2. The summed E-state index contributed by atoms with van der Waals surface area (Å²) in [6, 6.07) is 7.41. The molecule has 0 fully saturated rings. The molecular weight excluding hydrogens is 204 g/mol. The lowest BCUT2D eigenvalue weighted by Crippen LogP contribution is -2.29. The maximum atomic E-state index is 11.0. The minimum absolute atomic E-state index is 0.587. The van der Waals surface area contributed by atoms with Crippen LogP contribution in [-0.2, 0) is 16.0 Å². The van der Waals surface area contributed by atoms with E-state index in [2.05, 4.69) is 12.2 Å². The predicted molar refractivity (Wildman–Crippen MR) is 62.9 cm³/mol. The number of carbonyl (C=O) groups excluding carboxylic acids is 2. The molecule has 86 valence electrons. The maximum absolute atomic E-state index is 11.0. The normalized spacial score (nSPS) is 9.81. The largest absolute Gasteiger partial charge is 0.361 e. The van der Waals surface area contributed by atoms with Gasteiger partial charge >= 0.3 is 11.8 Å². The molecule has 1 aromatic rings. The van der Waals surface area contributed by atoms with Crippen molar-refractivity contribution in [3.05, 3.63) is 29.8 Å². The van der Waals surface area contributed by atoms with Gasteiger partial charge in [-0.25, -0.2) is 0 Å². The van der Waals surface area contributed by atoms with Crippen LogP contribution >= 0.6 is 0 Å². The lowest BCUT2D eigenvalue weighted by Gasteiger charge is -2.04. The highest BCUT2D eigenvalue weighted by Gasteiger charge is 2.07. The molecule has 0 radical (unpaired) electrons. The van der Waals surface area contributed by atoms with Gasteiger partial charge in [0.2, 0.25) is 0 Å². The molecule has 0 bridgehead atoms. The quantitative estimate of drug-likeness (QED) is 0.754. The molecule has 4 heteroatoms. The van der Waals surface area contributed by atoms with Crippen molar-refractivity contribution in [2.24, 2.45) is 5.73 Å². The molecule has 16 heavy (non-hydrogen) atoms. The van der Waals surface area contributed by atoms with Crippen molar-refractivity contribution in [1.29, 1.82) is 0 Å². The Labute approximate surface area is 94.8 Å². The van der Waals surface area contributed by atoms with Crippen LogP contribution in [0.5, 0.6) is 0 Å². The van der Waals surface area contributed by atoms with E-state index in [1.54, 1.807) is 12.1 Å². The van der Waals surface area contributed by atoms with Crippen LogP contribution in [0.3, 0.4) is 0 Å². The second-order valence-corrected chi connectivity index (χ2v) is 3.62. The van der Waals surface area contributed by atoms with Gasteiger partial charge in [0.15, 0.2) is 0 Å². The predicted octanol–water partition coefficient (Wildman–Crippen LogP) is 1.45. The fraction of sp³-hybridized carbons (Fsp3) is 0.333. The van der Waals surface area contributed by atoms with E-state index in [-0.39, 0.29) is 0 Å². The van der Waals surface area contributed by atoms with Crippen molar-refractivity contribution < 1.29 is 9.59 Å². The Kier molecular flexibility index (Phi) is 4.51. The third-order valence-electron chi connectivity index (χ3n) is 2.25. The van der Waals surface area contributed by atoms with Gasteiger partial charge in [-0.3, -0.25) is 9.59 Å². The van der Waals surface area contributed by atoms with E-state index in [1.807, 2.05) is 12.1 Å². The minimum Gasteiger partial charge on any atom is -0.361 e. The molecule has 0 saturated heterocycles. The summed E-state index contributed by atoms with van der Waals surface area (Å²) in [6.45, 7) is 2.14. The number of benzene rings is 1. The standard InChI is InChI=1S/C12H16N2O2/c1-2-3-4-9-5-7-10(8-6-9)14-12(16)11(13)15/h5-8H,2-4H2,1H3,(H2,13,15)(H,14,16). The molecular formula is C12H16N2O2. The molecule has 0 atom stereocenters. The molecule has 1 aromatic carbocycles. The first-order valence-corrected chi connectivity index (χ1v) is 5.33. The Balaban J connectivity index is 2.57. The van der Waals surface area contributed by atoms with E-state index in [1.165, 1.54) is 5.56 Å². The van der Waals surface area contributed by atoms with Crippen molar-refractivity contribution in [3.63, 3.8) is 0 Å². The van der Waals surface area contributed by atoms with Crippen LogP contribution in [-0.4, -0.2) is 11.8 Å². The number of aryl methyl sites for hydroxylation is 1. The SMILES string of the molecule is CCCCc1ccc(NC(=O)C(N)=O)cc1.